The molecule has 0 saturated heterocycles. The van der Waals surface area contributed by atoms with Crippen LogP contribution in [0, 0.1) is 0 Å². The fraction of sp³-hybridized carbons (Fsp3) is 0.133. The second kappa shape index (κ2) is 5.30. The van der Waals surface area contributed by atoms with Crippen LogP contribution in [0.3, 0.4) is 0 Å². The highest BCUT2D eigenvalue weighted by molar-refractivity contribution is 5.82. The summed E-state index contributed by atoms with van der Waals surface area (Å²) in [4.78, 5) is 4.37. The highest BCUT2D eigenvalue weighted by atomic mass is 16.3. The standard InChI is InChI=1S/C15H15NO/c1-2-12-3-7-14(8-4-12)16-11-13-5-9-15(17)10-6-13/h3-11,17H,2H2,1H3. The third-order valence-corrected chi connectivity index (χ3v) is 2.60. The zero-order valence-electron chi connectivity index (χ0n) is 9.80. The van der Waals surface area contributed by atoms with Gasteiger partial charge in [-0.3, -0.25) is 4.99 Å². The predicted molar refractivity (Wildman–Crippen MR) is 71.2 cm³/mol. The van der Waals surface area contributed by atoms with Crippen molar-refractivity contribution < 1.29 is 5.11 Å². The van der Waals surface area contributed by atoms with Crippen LogP contribution in [-0.2, 0) is 6.42 Å². The first-order chi connectivity index (χ1) is 8.28. The number of phenols is 1. The normalized spacial score (nSPS) is 10.9. The van der Waals surface area contributed by atoms with Gasteiger partial charge in [0.05, 0.1) is 5.69 Å². The number of nitrogens with zero attached hydrogens (tertiary/aromatic N) is 1. The maximum atomic E-state index is 9.16. The van der Waals surface area contributed by atoms with E-state index in [4.69, 9.17) is 5.11 Å². The number of rotatable bonds is 3. The van der Waals surface area contributed by atoms with E-state index < -0.39 is 0 Å². The topological polar surface area (TPSA) is 32.6 Å². The molecule has 2 heteroatoms. The molecule has 0 atom stereocenters. The van der Waals surface area contributed by atoms with Crippen molar-refractivity contribution >= 4 is 11.9 Å². The highest BCUT2D eigenvalue weighted by Crippen LogP contribution is 2.14. The van der Waals surface area contributed by atoms with Gasteiger partial charge in [0.2, 0.25) is 0 Å². The molecule has 0 fully saturated rings. The molecule has 0 unspecified atom stereocenters. The smallest absolute Gasteiger partial charge is 0.115 e. The van der Waals surface area contributed by atoms with Crippen molar-refractivity contribution in [1.29, 1.82) is 0 Å². The summed E-state index contributed by atoms with van der Waals surface area (Å²) in [5.41, 5.74) is 3.23. The van der Waals surface area contributed by atoms with E-state index in [9.17, 15) is 0 Å². The summed E-state index contributed by atoms with van der Waals surface area (Å²) in [5.74, 6) is 0.273. The minimum absolute atomic E-state index is 0.273. The Hall–Kier alpha value is -2.09. The zero-order chi connectivity index (χ0) is 12.1. The Balaban J connectivity index is 2.11. The number of aryl methyl sites for hydroxylation is 1. The molecule has 0 aliphatic carbocycles. The van der Waals surface area contributed by atoms with Crippen LogP contribution < -0.4 is 0 Å². The Morgan fingerprint density at radius 2 is 1.65 bits per heavy atom. The largest absolute Gasteiger partial charge is 0.508 e. The third kappa shape index (κ3) is 3.18. The van der Waals surface area contributed by atoms with E-state index in [2.05, 4.69) is 24.0 Å². The van der Waals surface area contributed by atoms with Crippen molar-refractivity contribution in [2.45, 2.75) is 13.3 Å². The quantitative estimate of drug-likeness (QED) is 0.793. The lowest BCUT2D eigenvalue weighted by atomic mass is 10.1. The number of hydrogen-bond donors (Lipinski definition) is 1. The summed E-state index contributed by atoms with van der Waals surface area (Å²) in [5, 5.41) is 9.16. The minimum atomic E-state index is 0.273. The molecule has 2 rings (SSSR count). The van der Waals surface area contributed by atoms with Gasteiger partial charge in [-0.1, -0.05) is 19.1 Å². The van der Waals surface area contributed by atoms with E-state index >= 15 is 0 Å². The second-order valence-electron chi connectivity index (χ2n) is 3.87. The van der Waals surface area contributed by atoms with Gasteiger partial charge < -0.3 is 5.11 Å². The van der Waals surface area contributed by atoms with Crippen LogP contribution in [-0.4, -0.2) is 11.3 Å². The van der Waals surface area contributed by atoms with Gasteiger partial charge in [-0.15, -0.1) is 0 Å². The first-order valence-electron chi connectivity index (χ1n) is 5.70. The zero-order valence-corrected chi connectivity index (χ0v) is 9.80. The number of phenolic OH excluding ortho intramolecular Hbond substituents is 1. The van der Waals surface area contributed by atoms with Crippen LogP contribution in [0.15, 0.2) is 53.5 Å². The van der Waals surface area contributed by atoms with Gasteiger partial charge in [-0.2, -0.15) is 0 Å². The molecule has 86 valence electrons. The average molecular weight is 225 g/mol. The summed E-state index contributed by atoms with van der Waals surface area (Å²) in [7, 11) is 0. The molecule has 2 nitrogen and oxygen atoms in total. The van der Waals surface area contributed by atoms with Gasteiger partial charge >= 0.3 is 0 Å². The van der Waals surface area contributed by atoms with E-state index in [0.717, 1.165) is 17.7 Å². The molecular formula is C15H15NO. The molecular weight excluding hydrogens is 210 g/mol. The number of aliphatic imine (C=N–C) groups is 1. The van der Waals surface area contributed by atoms with E-state index in [-0.39, 0.29) is 5.75 Å². The molecule has 0 spiro atoms. The molecule has 0 aliphatic rings. The van der Waals surface area contributed by atoms with E-state index in [0.29, 0.717) is 0 Å². The fourth-order valence-corrected chi connectivity index (χ4v) is 1.53. The second-order valence-corrected chi connectivity index (χ2v) is 3.87. The predicted octanol–water partition coefficient (Wildman–Crippen LogP) is 3.71. The maximum absolute atomic E-state index is 9.16. The van der Waals surface area contributed by atoms with Crippen molar-refractivity contribution in [1.82, 2.24) is 0 Å². The van der Waals surface area contributed by atoms with Crippen molar-refractivity contribution in [3.63, 3.8) is 0 Å². The molecule has 2 aromatic carbocycles. The van der Waals surface area contributed by atoms with Crippen LogP contribution in [0.5, 0.6) is 5.75 Å². The van der Waals surface area contributed by atoms with E-state index in [1.165, 1.54) is 5.56 Å². The monoisotopic (exact) mass is 225 g/mol. The summed E-state index contributed by atoms with van der Waals surface area (Å²) < 4.78 is 0. The van der Waals surface area contributed by atoms with Crippen LogP contribution >= 0.6 is 0 Å². The summed E-state index contributed by atoms with van der Waals surface area (Å²) in [6.07, 6.45) is 2.84. The summed E-state index contributed by atoms with van der Waals surface area (Å²) in [6.45, 7) is 2.13. The lowest BCUT2D eigenvalue weighted by Gasteiger charge is -1.97. The number of aromatic hydroxyl groups is 1. The molecule has 0 radical (unpaired) electrons. The molecule has 0 saturated carbocycles. The Bertz CT molecular complexity index is 497. The van der Waals surface area contributed by atoms with E-state index in [1.54, 1.807) is 18.3 Å². The van der Waals surface area contributed by atoms with Gasteiger partial charge in [-0.05, 0) is 53.9 Å². The van der Waals surface area contributed by atoms with Gasteiger partial charge in [0.25, 0.3) is 0 Å². The Labute approximate surface area is 101 Å². The number of hydrogen-bond acceptors (Lipinski definition) is 2. The van der Waals surface area contributed by atoms with Crippen molar-refractivity contribution in [3.8, 4) is 5.75 Å². The van der Waals surface area contributed by atoms with Crippen LogP contribution in [0.25, 0.3) is 0 Å². The SMILES string of the molecule is CCc1ccc(N=Cc2ccc(O)cc2)cc1. The fourth-order valence-electron chi connectivity index (χ4n) is 1.53. The van der Waals surface area contributed by atoms with Gasteiger partial charge in [-0.25, -0.2) is 0 Å². The highest BCUT2D eigenvalue weighted by Gasteiger charge is 1.91. The van der Waals surface area contributed by atoms with Crippen LogP contribution in [0.1, 0.15) is 18.1 Å². The third-order valence-electron chi connectivity index (χ3n) is 2.60. The molecule has 0 heterocycles. The molecule has 0 aliphatic heterocycles. The first kappa shape index (κ1) is 11.4. The van der Waals surface area contributed by atoms with Crippen molar-refractivity contribution in [2.75, 3.05) is 0 Å². The molecule has 0 aromatic heterocycles. The molecule has 0 amide bonds. The van der Waals surface area contributed by atoms with Gasteiger partial charge in [0, 0.05) is 6.21 Å². The lowest BCUT2D eigenvalue weighted by Crippen LogP contribution is -1.80. The average Bonchev–Trinajstić information content (AvgIpc) is 2.39. The van der Waals surface area contributed by atoms with Crippen LogP contribution in [0.2, 0.25) is 0 Å². The maximum Gasteiger partial charge on any atom is 0.115 e. The summed E-state index contributed by atoms with van der Waals surface area (Å²) >= 11 is 0. The Kier molecular flexibility index (Phi) is 3.55. The molecule has 1 N–H and O–H groups in total. The Morgan fingerprint density at radius 1 is 1.00 bits per heavy atom. The lowest BCUT2D eigenvalue weighted by molar-refractivity contribution is 0.475. The van der Waals surface area contributed by atoms with Gasteiger partial charge in [0.1, 0.15) is 5.75 Å². The molecule has 0 bridgehead atoms. The number of benzene rings is 2. The Morgan fingerprint density at radius 3 is 2.24 bits per heavy atom. The van der Waals surface area contributed by atoms with E-state index in [1.807, 2.05) is 24.3 Å². The molecule has 17 heavy (non-hydrogen) atoms. The molecule has 2 aromatic rings. The van der Waals surface area contributed by atoms with Crippen molar-refractivity contribution in [2.24, 2.45) is 4.99 Å². The van der Waals surface area contributed by atoms with Gasteiger partial charge in [0.15, 0.2) is 0 Å². The van der Waals surface area contributed by atoms with Crippen LogP contribution in [0.4, 0.5) is 5.69 Å². The minimum Gasteiger partial charge on any atom is -0.508 e. The first-order valence-corrected chi connectivity index (χ1v) is 5.70. The van der Waals surface area contributed by atoms with Crippen molar-refractivity contribution in [3.05, 3.63) is 59.7 Å². The summed E-state index contributed by atoms with van der Waals surface area (Å²) in [6, 6.07) is 15.2.